The molecule has 0 saturated heterocycles. The lowest BCUT2D eigenvalue weighted by Crippen LogP contribution is -2.02. The fraction of sp³-hybridized carbons (Fsp3) is 0.167. The number of aryl methyl sites for hydroxylation is 1. The van der Waals surface area contributed by atoms with Crippen LogP contribution in [0.4, 0.5) is 4.39 Å². The van der Waals surface area contributed by atoms with Gasteiger partial charge in [-0.3, -0.25) is 0 Å². The zero-order valence-corrected chi connectivity index (χ0v) is 9.32. The van der Waals surface area contributed by atoms with Crippen molar-refractivity contribution in [2.24, 2.45) is 0 Å². The van der Waals surface area contributed by atoms with Gasteiger partial charge in [0.25, 0.3) is 0 Å². The minimum atomic E-state index is -1.22. The molecule has 5 heteroatoms. The van der Waals surface area contributed by atoms with Gasteiger partial charge in [0, 0.05) is 11.5 Å². The van der Waals surface area contributed by atoms with Gasteiger partial charge in [0.2, 0.25) is 0 Å². The molecule has 0 bridgehead atoms. The predicted octanol–water partition coefficient (Wildman–Crippen LogP) is 2.39. The molecule has 0 amide bonds. The van der Waals surface area contributed by atoms with Gasteiger partial charge in [-0.05, 0) is 24.6 Å². The number of methoxy groups -OCH3 is 1. The Morgan fingerprint density at radius 1 is 1.41 bits per heavy atom. The zero-order valence-electron chi connectivity index (χ0n) is 9.32. The quantitative estimate of drug-likeness (QED) is 0.868. The number of rotatable bonds is 2. The van der Waals surface area contributed by atoms with E-state index in [9.17, 15) is 9.18 Å². The van der Waals surface area contributed by atoms with Crippen LogP contribution >= 0.6 is 0 Å². The van der Waals surface area contributed by atoms with Crippen LogP contribution in [0.3, 0.4) is 0 Å². The molecule has 0 fully saturated rings. The van der Waals surface area contributed by atoms with Crippen molar-refractivity contribution in [2.75, 3.05) is 7.11 Å². The number of nitrogens with zero attached hydrogens (tertiary/aromatic N) is 1. The third-order valence-electron chi connectivity index (χ3n) is 2.41. The topological polar surface area (TPSA) is 59.4 Å². The normalized spacial score (nSPS) is 10.5. The molecular formula is C12H10FNO3. The van der Waals surface area contributed by atoms with Crippen LogP contribution < -0.4 is 4.74 Å². The smallest absolute Gasteiger partial charge is 0.354 e. The number of carbonyl (C=O) groups is 1. The number of carboxylic acid groups (broad SMARTS) is 1. The van der Waals surface area contributed by atoms with Crippen LogP contribution in [0.1, 0.15) is 16.1 Å². The molecule has 2 rings (SSSR count). The maximum Gasteiger partial charge on any atom is 0.354 e. The van der Waals surface area contributed by atoms with E-state index in [1.165, 1.54) is 19.2 Å². The van der Waals surface area contributed by atoms with Gasteiger partial charge in [-0.2, -0.15) is 0 Å². The molecule has 1 aromatic carbocycles. The Labute approximate surface area is 96.7 Å². The van der Waals surface area contributed by atoms with E-state index in [0.717, 1.165) is 5.56 Å². The fourth-order valence-corrected chi connectivity index (χ4v) is 1.67. The molecule has 1 heterocycles. The number of halogens is 1. The number of benzene rings is 1. The van der Waals surface area contributed by atoms with Gasteiger partial charge in [-0.25, -0.2) is 14.2 Å². The second-order valence-electron chi connectivity index (χ2n) is 3.66. The van der Waals surface area contributed by atoms with E-state index in [4.69, 9.17) is 9.84 Å². The van der Waals surface area contributed by atoms with E-state index in [1.807, 2.05) is 0 Å². The Hall–Kier alpha value is -2.17. The van der Waals surface area contributed by atoms with E-state index < -0.39 is 11.8 Å². The van der Waals surface area contributed by atoms with E-state index in [2.05, 4.69) is 4.98 Å². The first-order valence-corrected chi connectivity index (χ1v) is 4.91. The first-order chi connectivity index (χ1) is 8.02. The molecule has 17 heavy (non-hydrogen) atoms. The summed E-state index contributed by atoms with van der Waals surface area (Å²) in [5.41, 5.74) is 0.489. The summed E-state index contributed by atoms with van der Waals surface area (Å²) in [6.45, 7) is 1.74. The van der Waals surface area contributed by atoms with Gasteiger partial charge in [-0.15, -0.1) is 0 Å². The van der Waals surface area contributed by atoms with E-state index >= 15 is 0 Å². The summed E-state index contributed by atoms with van der Waals surface area (Å²) in [4.78, 5) is 14.6. The molecule has 2 aromatic rings. The van der Waals surface area contributed by atoms with E-state index in [0.29, 0.717) is 11.1 Å². The Kier molecular flexibility index (Phi) is 2.67. The first-order valence-electron chi connectivity index (χ1n) is 4.91. The highest BCUT2D eigenvalue weighted by Gasteiger charge is 2.14. The monoisotopic (exact) mass is 235 g/mol. The molecule has 0 spiro atoms. The van der Waals surface area contributed by atoms with Gasteiger partial charge in [0.05, 0.1) is 7.11 Å². The van der Waals surface area contributed by atoms with Gasteiger partial charge in [0.15, 0.2) is 5.69 Å². The van der Waals surface area contributed by atoms with E-state index in [-0.39, 0.29) is 11.2 Å². The fourth-order valence-electron chi connectivity index (χ4n) is 1.67. The molecule has 0 radical (unpaired) electrons. The summed E-state index contributed by atoms with van der Waals surface area (Å²) in [7, 11) is 1.40. The number of ether oxygens (including phenoxy) is 1. The third kappa shape index (κ3) is 1.91. The summed E-state index contributed by atoms with van der Waals surface area (Å²) in [6, 6.07) is 4.29. The van der Waals surface area contributed by atoms with Crippen LogP contribution in [-0.4, -0.2) is 23.2 Å². The molecule has 4 nitrogen and oxygen atoms in total. The molecule has 0 saturated carbocycles. The molecule has 0 aliphatic heterocycles. The lowest BCUT2D eigenvalue weighted by atomic mass is 10.1. The summed E-state index contributed by atoms with van der Waals surface area (Å²) >= 11 is 0. The largest absolute Gasteiger partial charge is 0.496 e. The molecule has 0 atom stereocenters. The summed E-state index contributed by atoms with van der Waals surface area (Å²) in [5.74, 6) is -1.47. The van der Waals surface area contributed by atoms with Crippen molar-refractivity contribution in [2.45, 2.75) is 6.92 Å². The van der Waals surface area contributed by atoms with Crippen LogP contribution in [0.5, 0.6) is 5.75 Å². The third-order valence-corrected chi connectivity index (χ3v) is 2.41. The molecule has 1 aromatic heterocycles. The number of hydrogen-bond acceptors (Lipinski definition) is 3. The molecule has 88 valence electrons. The molecule has 1 N–H and O–H groups in total. The van der Waals surface area contributed by atoms with Gasteiger partial charge >= 0.3 is 5.97 Å². The Bertz CT molecular complexity index is 610. The Balaban J connectivity index is 2.87. The predicted molar refractivity (Wildman–Crippen MR) is 59.9 cm³/mol. The summed E-state index contributed by atoms with van der Waals surface area (Å²) in [6.07, 6.45) is 0. The highest BCUT2D eigenvalue weighted by molar-refractivity contribution is 5.93. The van der Waals surface area contributed by atoms with Crippen molar-refractivity contribution in [1.82, 2.24) is 4.98 Å². The summed E-state index contributed by atoms with van der Waals surface area (Å²) in [5, 5.41) is 9.34. The van der Waals surface area contributed by atoms with Crippen molar-refractivity contribution in [3.8, 4) is 5.75 Å². The minimum Gasteiger partial charge on any atom is -0.496 e. The van der Waals surface area contributed by atoms with E-state index in [1.54, 1.807) is 13.0 Å². The number of fused-ring (bicyclic) bond motifs is 1. The van der Waals surface area contributed by atoms with Gasteiger partial charge in [0.1, 0.15) is 17.1 Å². The van der Waals surface area contributed by atoms with Gasteiger partial charge < -0.3 is 9.84 Å². The SMILES string of the molecule is COc1cc(C(=O)O)nc2c(F)cc(C)cc12. The lowest BCUT2D eigenvalue weighted by molar-refractivity contribution is 0.0690. The van der Waals surface area contributed by atoms with Crippen LogP contribution in [-0.2, 0) is 0 Å². The summed E-state index contributed by atoms with van der Waals surface area (Å²) < 4.78 is 18.8. The van der Waals surface area contributed by atoms with Crippen LogP contribution in [0.2, 0.25) is 0 Å². The first kappa shape index (κ1) is 11.3. The van der Waals surface area contributed by atoms with Crippen molar-refractivity contribution in [3.05, 3.63) is 35.3 Å². The van der Waals surface area contributed by atoms with Crippen molar-refractivity contribution < 1.29 is 19.0 Å². The average molecular weight is 235 g/mol. The maximum atomic E-state index is 13.7. The Morgan fingerprint density at radius 3 is 2.71 bits per heavy atom. The second kappa shape index (κ2) is 4.01. The van der Waals surface area contributed by atoms with Crippen LogP contribution in [0, 0.1) is 12.7 Å². The standard InChI is InChI=1S/C12H10FNO3/c1-6-3-7-10(17-2)5-9(12(15)16)14-11(7)8(13)4-6/h3-5H,1-2H3,(H,15,16). The maximum absolute atomic E-state index is 13.7. The minimum absolute atomic E-state index is 0.00681. The average Bonchev–Trinajstić information content (AvgIpc) is 2.27. The van der Waals surface area contributed by atoms with Crippen LogP contribution in [0.15, 0.2) is 18.2 Å². The second-order valence-corrected chi connectivity index (χ2v) is 3.66. The number of carboxylic acids is 1. The number of aromatic carboxylic acids is 1. The zero-order chi connectivity index (χ0) is 12.6. The highest BCUT2D eigenvalue weighted by Crippen LogP contribution is 2.28. The Morgan fingerprint density at radius 2 is 2.12 bits per heavy atom. The number of pyridine rings is 1. The molecule has 0 unspecified atom stereocenters. The molecule has 0 aliphatic carbocycles. The van der Waals surface area contributed by atoms with Gasteiger partial charge in [-0.1, -0.05) is 0 Å². The molecular weight excluding hydrogens is 225 g/mol. The number of hydrogen-bond donors (Lipinski definition) is 1. The van der Waals surface area contributed by atoms with Crippen molar-refractivity contribution >= 4 is 16.9 Å². The lowest BCUT2D eigenvalue weighted by Gasteiger charge is -2.08. The van der Waals surface area contributed by atoms with Crippen LogP contribution in [0.25, 0.3) is 10.9 Å². The van der Waals surface area contributed by atoms with Crippen molar-refractivity contribution in [1.29, 1.82) is 0 Å². The van der Waals surface area contributed by atoms with Crippen molar-refractivity contribution in [3.63, 3.8) is 0 Å². The molecule has 0 aliphatic rings. The highest BCUT2D eigenvalue weighted by atomic mass is 19.1. The number of aromatic nitrogens is 1.